The largest absolute Gasteiger partial charge is 0.488 e. The number of benzene rings is 2. The number of fused-ring (bicyclic) bond motifs is 1. The van der Waals surface area contributed by atoms with Gasteiger partial charge in [-0.05, 0) is 24.6 Å². The summed E-state index contributed by atoms with van der Waals surface area (Å²) in [6, 6.07) is 11.8. The summed E-state index contributed by atoms with van der Waals surface area (Å²) in [7, 11) is 3.20. The molecule has 11 heteroatoms. The third-order valence-electron chi connectivity index (χ3n) is 6.48. The van der Waals surface area contributed by atoms with E-state index in [-0.39, 0.29) is 24.3 Å². The summed E-state index contributed by atoms with van der Waals surface area (Å²) in [5.41, 5.74) is 2.96. The van der Waals surface area contributed by atoms with Crippen molar-refractivity contribution < 1.29 is 32.7 Å². The molecular weight excluding hydrogens is 495 g/mol. The lowest BCUT2D eigenvalue weighted by atomic mass is 10.1. The number of morpholine rings is 1. The quantitative estimate of drug-likeness (QED) is 0.311. The molecule has 4 aromatic rings. The zero-order chi connectivity index (χ0) is 26.5. The highest BCUT2D eigenvalue weighted by atomic mass is 19.1. The molecular formula is C27H29FN4O6. The highest BCUT2D eigenvalue weighted by molar-refractivity contribution is 5.95. The van der Waals surface area contributed by atoms with Crippen LogP contribution in [-0.4, -0.2) is 86.0 Å². The molecule has 38 heavy (non-hydrogen) atoms. The number of carbonyl (C=O) groups excluding carboxylic acids is 1. The summed E-state index contributed by atoms with van der Waals surface area (Å²) < 4.78 is 41.3. The van der Waals surface area contributed by atoms with Gasteiger partial charge in [0.2, 0.25) is 0 Å². The van der Waals surface area contributed by atoms with Crippen LogP contribution in [0.2, 0.25) is 0 Å². The Kier molecular flexibility index (Phi) is 7.97. The lowest BCUT2D eigenvalue weighted by molar-refractivity contribution is -0.0104. The number of rotatable bonds is 10. The van der Waals surface area contributed by atoms with Crippen molar-refractivity contribution in [3.63, 3.8) is 0 Å². The molecule has 1 saturated heterocycles. The Morgan fingerprint density at radius 2 is 1.95 bits per heavy atom. The molecule has 1 aliphatic rings. The molecule has 1 amide bonds. The van der Waals surface area contributed by atoms with Gasteiger partial charge in [-0.15, -0.1) is 0 Å². The first kappa shape index (κ1) is 25.8. The average molecular weight is 525 g/mol. The van der Waals surface area contributed by atoms with Gasteiger partial charge in [-0.3, -0.25) is 9.89 Å². The van der Waals surface area contributed by atoms with Crippen LogP contribution in [0.15, 0.2) is 47.0 Å². The topological polar surface area (TPSA) is 112 Å². The molecule has 5 rings (SSSR count). The van der Waals surface area contributed by atoms with Crippen LogP contribution in [0.3, 0.4) is 0 Å². The second-order valence-electron chi connectivity index (χ2n) is 8.90. The fraction of sp³-hybridized carbons (Fsp3) is 0.370. The summed E-state index contributed by atoms with van der Waals surface area (Å²) in [6.07, 6.45) is 0.718. The Hall–Kier alpha value is -3.80. The molecule has 3 heterocycles. The molecule has 0 aliphatic carbocycles. The number of aromatic nitrogens is 3. The Balaban J connectivity index is 1.32. The van der Waals surface area contributed by atoms with E-state index in [2.05, 4.69) is 15.4 Å². The highest BCUT2D eigenvalue weighted by Crippen LogP contribution is 2.33. The molecule has 1 fully saturated rings. The number of ether oxygens (including phenoxy) is 4. The summed E-state index contributed by atoms with van der Waals surface area (Å²) in [5.74, 6) is -0.0637. The zero-order valence-corrected chi connectivity index (χ0v) is 21.2. The molecule has 0 saturated carbocycles. The second-order valence-corrected chi connectivity index (χ2v) is 8.90. The number of methoxy groups -OCH3 is 2. The van der Waals surface area contributed by atoms with E-state index in [9.17, 15) is 9.18 Å². The number of nitrogens with zero attached hydrogens (tertiary/aromatic N) is 3. The molecule has 10 nitrogen and oxygen atoms in total. The maximum absolute atomic E-state index is 14.6. The van der Waals surface area contributed by atoms with Crippen LogP contribution in [-0.2, 0) is 14.2 Å². The van der Waals surface area contributed by atoms with Crippen molar-refractivity contribution in [1.29, 1.82) is 0 Å². The average Bonchev–Trinajstić information content (AvgIpc) is 3.59. The van der Waals surface area contributed by atoms with Gasteiger partial charge in [-0.25, -0.2) is 4.39 Å². The third kappa shape index (κ3) is 5.40. The van der Waals surface area contributed by atoms with E-state index in [1.54, 1.807) is 38.5 Å². The summed E-state index contributed by atoms with van der Waals surface area (Å²) in [4.78, 5) is 15.0. The van der Waals surface area contributed by atoms with Gasteiger partial charge < -0.3 is 28.4 Å². The van der Waals surface area contributed by atoms with Crippen molar-refractivity contribution in [3.8, 4) is 28.5 Å². The number of nitrogens with one attached hydrogen (secondary N) is 1. The van der Waals surface area contributed by atoms with Crippen molar-refractivity contribution in [1.82, 2.24) is 20.3 Å². The van der Waals surface area contributed by atoms with Gasteiger partial charge in [0.15, 0.2) is 17.3 Å². The summed E-state index contributed by atoms with van der Waals surface area (Å²) in [6.45, 7) is 2.71. The Bertz CT molecular complexity index is 1390. The Morgan fingerprint density at radius 1 is 1.13 bits per heavy atom. The molecule has 0 bridgehead atoms. The Morgan fingerprint density at radius 3 is 2.74 bits per heavy atom. The SMILES string of the molecule is COCCOc1cc2[nH]nc(-c3cc(-c4ccc(C(=O)N5CCOC[C@H]5CCOC)cc4)no3)c2cc1F. The van der Waals surface area contributed by atoms with Crippen molar-refractivity contribution in [2.75, 3.05) is 53.8 Å². The maximum Gasteiger partial charge on any atom is 0.254 e. The predicted octanol–water partition coefficient (Wildman–Crippen LogP) is 3.93. The fourth-order valence-electron chi connectivity index (χ4n) is 4.44. The number of halogens is 1. The van der Waals surface area contributed by atoms with Crippen LogP contribution in [0.1, 0.15) is 16.8 Å². The minimum atomic E-state index is -0.513. The number of hydrogen-bond acceptors (Lipinski definition) is 8. The molecule has 0 unspecified atom stereocenters. The second kappa shape index (κ2) is 11.7. The lowest BCUT2D eigenvalue weighted by Gasteiger charge is -2.35. The monoisotopic (exact) mass is 524 g/mol. The van der Waals surface area contributed by atoms with Crippen LogP contribution in [0, 0.1) is 5.82 Å². The maximum atomic E-state index is 14.6. The van der Waals surface area contributed by atoms with Gasteiger partial charge in [0.05, 0.1) is 31.4 Å². The fourth-order valence-corrected chi connectivity index (χ4v) is 4.44. The van der Waals surface area contributed by atoms with Gasteiger partial charge in [-0.1, -0.05) is 17.3 Å². The van der Waals surface area contributed by atoms with E-state index in [0.29, 0.717) is 66.6 Å². The van der Waals surface area contributed by atoms with Crippen molar-refractivity contribution in [3.05, 3.63) is 53.8 Å². The summed E-state index contributed by atoms with van der Waals surface area (Å²) in [5, 5.41) is 11.9. The molecule has 1 aliphatic heterocycles. The van der Waals surface area contributed by atoms with Crippen LogP contribution >= 0.6 is 0 Å². The van der Waals surface area contributed by atoms with Crippen LogP contribution < -0.4 is 4.74 Å². The van der Waals surface area contributed by atoms with E-state index in [0.717, 1.165) is 12.0 Å². The standard InChI is InChI=1S/C27H29FN4O6/c1-34-9-7-19-16-36-10-8-32(19)27(33)18-5-3-17(4-6-18)22-14-25(38-31-22)26-20-13-21(28)24(37-12-11-35-2)15-23(20)29-30-26/h3-6,13-15,19H,7-12,16H2,1-2H3,(H,29,30)/t19-/m1/s1. The molecule has 200 valence electrons. The number of carbonyl (C=O) groups is 1. The van der Waals surface area contributed by atoms with Crippen LogP contribution in [0.25, 0.3) is 33.6 Å². The number of aromatic amines is 1. The lowest BCUT2D eigenvalue weighted by Crippen LogP contribution is -2.49. The normalized spacial score (nSPS) is 15.8. The molecule has 0 spiro atoms. The van der Waals surface area contributed by atoms with E-state index in [1.165, 1.54) is 6.07 Å². The Labute approximate surface area is 218 Å². The minimum absolute atomic E-state index is 0.0181. The molecule has 2 aromatic carbocycles. The van der Waals surface area contributed by atoms with E-state index < -0.39 is 5.82 Å². The van der Waals surface area contributed by atoms with Crippen LogP contribution in [0.5, 0.6) is 5.75 Å². The van der Waals surface area contributed by atoms with Gasteiger partial charge in [0, 0.05) is 56.0 Å². The number of hydrogen-bond donors (Lipinski definition) is 1. The van der Waals surface area contributed by atoms with Crippen molar-refractivity contribution in [2.45, 2.75) is 12.5 Å². The van der Waals surface area contributed by atoms with Gasteiger partial charge in [-0.2, -0.15) is 5.10 Å². The molecule has 1 N–H and O–H groups in total. The highest BCUT2D eigenvalue weighted by Gasteiger charge is 2.28. The van der Waals surface area contributed by atoms with E-state index in [1.807, 2.05) is 17.0 Å². The zero-order valence-electron chi connectivity index (χ0n) is 21.2. The molecule has 2 aromatic heterocycles. The van der Waals surface area contributed by atoms with Gasteiger partial charge >= 0.3 is 0 Å². The van der Waals surface area contributed by atoms with Crippen LogP contribution in [0.4, 0.5) is 4.39 Å². The minimum Gasteiger partial charge on any atom is -0.488 e. The molecule has 0 radical (unpaired) electrons. The van der Waals surface area contributed by atoms with Crippen molar-refractivity contribution >= 4 is 16.8 Å². The van der Waals surface area contributed by atoms with Gasteiger partial charge in [0.1, 0.15) is 18.0 Å². The smallest absolute Gasteiger partial charge is 0.254 e. The first-order chi connectivity index (χ1) is 18.6. The van der Waals surface area contributed by atoms with Gasteiger partial charge in [0.25, 0.3) is 5.91 Å². The van der Waals surface area contributed by atoms with E-state index >= 15 is 0 Å². The number of amides is 1. The predicted molar refractivity (Wildman–Crippen MR) is 136 cm³/mol. The first-order valence-corrected chi connectivity index (χ1v) is 12.3. The summed E-state index contributed by atoms with van der Waals surface area (Å²) >= 11 is 0. The number of H-pyrrole nitrogens is 1. The third-order valence-corrected chi connectivity index (χ3v) is 6.48. The molecule has 1 atom stereocenters. The van der Waals surface area contributed by atoms with E-state index in [4.69, 9.17) is 23.5 Å². The first-order valence-electron chi connectivity index (χ1n) is 12.3. The van der Waals surface area contributed by atoms with Crippen molar-refractivity contribution in [2.24, 2.45) is 0 Å².